The molecule has 0 radical (unpaired) electrons. The van der Waals surface area contributed by atoms with E-state index in [1.807, 2.05) is 0 Å². The minimum absolute atomic E-state index is 0.0383. The summed E-state index contributed by atoms with van der Waals surface area (Å²) in [4.78, 5) is 14.3. The molecule has 0 saturated carbocycles. The Hall–Kier alpha value is -1.01. The number of anilines is 1. The van der Waals surface area contributed by atoms with Crippen LogP contribution in [0.4, 0.5) is 5.69 Å². The third-order valence-corrected chi connectivity index (χ3v) is 4.48. The Morgan fingerprint density at radius 3 is 2.95 bits per heavy atom. The molecule has 0 spiro atoms. The molecule has 0 aliphatic carbocycles. The van der Waals surface area contributed by atoms with Gasteiger partial charge in [0.2, 0.25) is 0 Å². The lowest BCUT2D eigenvalue weighted by Gasteiger charge is -2.19. The van der Waals surface area contributed by atoms with E-state index < -0.39 is 0 Å². The van der Waals surface area contributed by atoms with Gasteiger partial charge < -0.3 is 9.64 Å². The number of ether oxygens (including phenoxy) is 1. The highest BCUT2D eigenvalue weighted by molar-refractivity contribution is 7.80. The first-order valence-corrected chi connectivity index (χ1v) is 7.77. The van der Waals surface area contributed by atoms with Crippen LogP contribution in [-0.4, -0.2) is 41.8 Å². The second-order valence-electron chi connectivity index (χ2n) is 5.28. The van der Waals surface area contributed by atoms with E-state index in [2.05, 4.69) is 29.6 Å². The van der Waals surface area contributed by atoms with Crippen molar-refractivity contribution in [2.24, 2.45) is 5.92 Å². The highest BCUT2D eigenvalue weighted by Gasteiger charge is 2.23. The molecule has 0 amide bonds. The topological polar surface area (TPSA) is 47.4 Å². The zero-order valence-corrected chi connectivity index (χ0v) is 13.1. The Balaban J connectivity index is 2.08. The molecule has 1 aromatic heterocycles. The minimum Gasteiger partial charge on any atom is -0.380 e. The van der Waals surface area contributed by atoms with Crippen molar-refractivity contribution in [1.82, 2.24) is 9.78 Å². The predicted octanol–water partition coefficient (Wildman–Crippen LogP) is 1.42. The summed E-state index contributed by atoms with van der Waals surface area (Å²) in [6.45, 7) is 4.49. The molecule has 112 valence electrons. The average Bonchev–Trinajstić information content (AvgIpc) is 2.95. The van der Waals surface area contributed by atoms with Gasteiger partial charge in [0.05, 0.1) is 18.0 Å². The molecule has 0 bridgehead atoms. The van der Waals surface area contributed by atoms with Gasteiger partial charge in [0.25, 0.3) is 5.56 Å². The van der Waals surface area contributed by atoms with Crippen LogP contribution in [-0.2, 0) is 11.3 Å². The molecule has 0 aromatic carbocycles. The molecule has 6 heteroatoms. The van der Waals surface area contributed by atoms with Gasteiger partial charge in [0, 0.05) is 32.8 Å². The Labute approximate surface area is 125 Å². The number of rotatable bonds is 6. The molecular formula is C14H23N3O2S. The molecule has 1 aromatic rings. The summed E-state index contributed by atoms with van der Waals surface area (Å²) in [5, 5.41) is 4.30. The van der Waals surface area contributed by atoms with Crippen molar-refractivity contribution in [3.8, 4) is 0 Å². The lowest BCUT2D eigenvalue weighted by Crippen LogP contribution is -2.29. The molecule has 0 N–H and O–H groups in total. The van der Waals surface area contributed by atoms with Gasteiger partial charge in [-0.05, 0) is 18.1 Å². The standard InChI is InChI=1S/C14H23N3O2S/c1-3-11(10-20)8-17-14(18)6-12(7-15-17)16-5-4-13(9-16)19-2/h6-7,11,13,20H,3-5,8-10H2,1-2H3. The third kappa shape index (κ3) is 3.55. The number of aromatic nitrogens is 2. The van der Waals surface area contributed by atoms with Gasteiger partial charge in [-0.2, -0.15) is 17.7 Å². The summed E-state index contributed by atoms with van der Waals surface area (Å²) in [6.07, 6.45) is 4.04. The van der Waals surface area contributed by atoms with Gasteiger partial charge in [-0.3, -0.25) is 4.79 Å². The highest BCUT2D eigenvalue weighted by Crippen LogP contribution is 2.19. The molecule has 5 nitrogen and oxygen atoms in total. The Morgan fingerprint density at radius 2 is 2.40 bits per heavy atom. The van der Waals surface area contributed by atoms with Gasteiger partial charge >= 0.3 is 0 Å². The molecule has 20 heavy (non-hydrogen) atoms. The first kappa shape index (κ1) is 15.4. The normalized spacial score (nSPS) is 20.4. The molecular weight excluding hydrogens is 274 g/mol. The van der Waals surface area contributed by atoms with Gasteiger partial charge in [-0.1, -0.05) is 13.3 Å². The zero-order chi connectivity index (χ0) is 14.5. The van der Waals surface area contributed by atoms with Crippen molar-refractivity contribution in [2.75, 3.05) is 30.9 Å². The first-order chi connectivity index (χ1) is 9.67. The van der Waals surface area contributed by atoms with Crippen LogP contribution in [0.1, 0.15) is 19.8 Å². The maximum absolute atomic E-state index is 12.1. The van der Waals surface area contributed by atoms with E-state index in [9.17, 15) is 4.79 Å². The number of hydrogen-bond donors (Lipinski definition) is 1. The smallest absolute Gasteiger partial charge is 0.268 e. The fraction of sp³-hybridized carbons (Fsp3) is 0.714. The van der Waals surface area contributed by atoms with Crippen molar-refractivity contribution in [3.63, 3.8) is 0 Å². The lowest BCUT2D eigenvalue weighted by atomic mass is 10.1. The predicted molar refractivity (Wildman–Crippen MR) is 83.8 cm³/mol. The number of hydrogen-bond acceptors (Lipinski definition) is 5. The van der Waals surface area contributed by atoms with Gasteiger partial charge in [-0.25, -0.2) is 4.68 Å². The molecule has 1 saturated heterocycles. The summed E-state index contributed by atoms with van der Waals surface area (Å²) in [7, 11) is 1.73. The monoisotopic (exact) mass is 297 g/mol. The number of methoxy groups -OCH3 is 1. The van der Waals surface area contributed by atoms with Crippen LogP contribution < -0.4 is 10.5 Å². The van der Waals surface area contributed by atoms with E-state index in [1.165, 1.54) is 4.68 Å². The molecule has 1 fully saturated rings. The van der Waals surface area contributed by atoms with E-state index in [1.54, 1.807) is 19.4 Å². The molecule has 2 rings (SSSR count). The summed E-state index contributed by atoms with van der Waals surface area (Å²) in [6, 6.07) is 1.68. The van der Waals surface area contributed by atoms with E-state index in [0.29, 0.717) is 12.5 Å². The van der Waals surface area contributed by atoms with Crippen molar-refractivity contribution in [1.29, 1.82) is 0 Å². The largest absolute Gasteiger partial charge is 0.380 e. The van der Waals surface area contributed by atoms with Crippen molar-refractivity contribution in [3.05, 3.63) is 22.6 Å². The highest BCUT2D eigenvalue weighted by atomic mass is 32.1. The quantitative estimate of drug-likeness (QED) is 0.807. The maximum Gasteiger partial charge on any atom is 0.268 e. The number of nitrogens with zero attached hydrogens (tertiary/aromatic N) is 3. The van der Waals surface area contributed by atoms with E-state index >= 15 is 0 Å². The van der Waals surface area contributed by atoms with Crippen molar-refractivity contribution in [2.45, 2.75) is 32.4 Å². The lowest BCUT2D eigenvalue weighted by molar-refractivity contribution is 0.121. The summed E-state index contributed by atoms with van der Waals surface area (Å²) >= 11 is 4.31. The Bertz CT molecular complexity index is 488. The maximum atomic E-state index is 12.1. The van der Waals surface area contributed by atoms with Crippen molar-refractivity contribution < 1.29 is 4.74 Å². The second-order valence-corrected chi connectivity index (χ2v) is 5.65. The number of thiol groups is 1. The van der Waals surface area contributed by atoms with Crippen LogP contribution in [0.3, 0.4) is 0 Å². The second kappa shape index (κ2) is 7.13. The molecule has 1 aliphatic heterocycles. The van der Waals surface area contributed by atoms with Crippen LogP contribution in [0.2, 0.25) is 0 Å². The summed E-state index contributed by atoms with van der Waals surface area (Å²) in [5.41, 5.74) is 0.855. The fourth-order valence-electron chi connectivity index (χ4n) is 2.45. The van der Waals surface area contributed by atoms with Crippen LogP contribution in [0.25, 0.3) is 0 Å². The van der Waals surface area contributed by atoms with Crippen LogP contribution in [0, 0.1) is 5.92 Å². The van der Waals surface area contributed by atoms with E-state index in [0.717, 1.165) is 37.4 Å². The minimum atomic E-state index is -0.0383. The molecule has 1 aliphatic rings. The summed E-state index contributed by atoms with van der Waals surface area (Å²) < 4.78 is 6.88. The van der Waals surface area contributed by atoms with E-state index in [-0.39, 0.29) is 11.7 Å². The fourth-order valence-corrected chi connectivity index (χ4v) is 2.82. The van der Waals surface area contributed by atoms with Crippen LogP contribution >= 0.6 is 12.6 Å². The average molecular weight is 297 g/mol. The molecule has 2 heterocycles. The SMILES string of the molecule is CCC(CS)Cn1ncc(N2CCC(OC)C2)cc1=O. The van der Waals surface area contributed by atoms with Gasteiger partial charge in [0.15, 0.2) is 0 Å². The first-order valence-electron chi connectivity index (χ1n) is 7.13. The van der Waals surface area contributed by atoms with Crippen molar-refractivity contribution >= 4 is 18.3 Å². The summed E-state index contributed by atoms with van der Waals surface area (Å²) in [5.74, 6) is 1.16. The Kier molecular flexibility index (Phi) is 5.48. The zero-order valence-electron chi connectivity index (χ0n) is 12.2. The van der Waals surface area contributed by atoms with Gasteiger partial charge in [0.1, 0.15) is 0 Å². The van der Waals surface area contributed by atoms with Crippen LogP contribution in [0.15, 0.2) is 17.1 Å². The molecule has 2 atom stereocenters. The third-order valence-electron chi connectivity index (χ3n) is 3.97. The van der Waals surface area contributed by atoms with Gasteiger partial charge in [-0.15, -0.1) is 0 Å². The Morgan fingerprint density at radius 1 is 1.60 bits per heavy atom. The molecule has 2 unspecified atom stereocenters. The van der Waals surface area contributed by atoms with E-state index in [4.69, 9.17) is 4.74 Å². The van der Waals surface area contributed by atoms with Crippen LogP contribution in [0.5, 0.6) is 0 Å².